The molecule has 0 aliphatic heterocycles. The number of halogens is 1. The zero-order valence-corrected chi connectivity index (χ0v) is 11.1. The van der Waals surface area contributed by atoms with Crippen molar-refractivity contribution in [3.05, 3.63) is 29.6 Å². The predicted molar refractivity (Wildman–Crippen MR) is 69.8 cm³/mol. The van der Waals surface area contributed by atoms with Gasteiger partial charge in [-0.2, -0.15) is 0 Å². The third kappa shape index (κ3) is 3.43. The molecule has 0 amide bonds. The molecule has 0 aliphatic rings. The average molecular weight is 239 g/mol. The molecule has 3 heteroatoms. The molecule has 0 saturated heterocycles. The normalized spacial score (nSPS) is 14.5. The Morgan fingerprint density at radius 2 is 2.00 bits per heavy atom. The average Bonchev–Trinajstić information content (AvgIpc) is 2.28. The molecule has 0 fully saturated rings. The van der Waals surface area contributed by atoms with Crippen LogP contribution in [-0.2, 0) is 0 Å². The number of aliphatic hydroxyl groups is 1. The zero-order chi connectivity index (χ0) is 13.0. The molecule has 1 N–H and O–H groups in total. The number of aliphatic hydroxyl groups excluding tert-OH is 1. The largest absolute Gasteiger partial charge is 0.389 e. The van der Waals surface area contributed by atoms with Crippen molar-refractivity contribution in [3.8, 4) is 0 Å². The van der Waals surface area contributed by atoms with Crippen LogP contribution in [0.3, 0.4) is 0 Å². The molecule has 96 valence electrons. The van der Waals surface area contributed by atoms with Crippen LogP contribution in [-0.4, -0.2) is 18.2 Å². The highest BCUT2D eigenvalue weighted by atomic mass is 19.1. The van der Waals surface area contributed by atoms with Crippen LogP contribution in [0.1, 0.15) is 45.3 Å². The fourth-order valence-electron chi connectivity index (χ4n) is 1.92. The van der Waals surface area contributed by atoms with Crippen molar-refractivity contribution < 1.29 is 9.50 Å². The molecule has 2 nitrogen and oxygen atoms in total. The van der Waals surface area contributed by atoms with Gasteiger partial charge in [-0.3, -0.25) is 0 Å². The van der Waals surface area contributed by atoms with Gasteiger partial charge in [-0.05, 0) is 38.0 Å². The first-order valence-corrected chi connectivity index (χ1v) is 6.17. The molecular formula is C14H22FNO. The van der Waals surface area contributed by atoms with E-state index in [1.165, 1.54) is 6.07 Å². The van der Waals surface area contributed by atoms with Gasteiger partial charge in [0.25, 0.3) is 0 Å². The molecule has 1 aromatic rings. The van der Waals surface area contributed by atoms with E-state index in [0.29, 0.717) is 17.3 Å². The van der Waals surface area contributed by atoms with Crippen LogP contribution in [0.15, 0.2) is 18.2 Å². The second-order valence-corrected chi connectivity index (χ2v) is 4.64. The van der Waals surface area contributed by atoms with Crippen LogP contribution in [0.5, 0.6) is 0 Å². The summed E-state index contributed by atoms with van der Waals surface area (Å²) in [5.41, 5.74) is 1.21. The van der Waals surface area contributed by atoms with Crippen LogP contribution in [0, 0.1) is 5.82 Å². The lowest BCUT2D eigenvalue weighted by Crippen LogP contribution is -2.29. The zero-order valence-electron chi connectivity index (χ0n) is 11.1. The second kappa shape index (κ2) is 6.01. The van der Waals surface area contributed by atoms with Gasteiger partial charge in [-0.25, -0.2) is 4.39 Å². The third-order valence-corrected chi connectivity index (χ3v) is 3.20. The molecule has 2 atom stereocenters. The topological polar surface area (TPSA) is 23.5 Å². The van der Waals surface area contributed by atoms with Crippen molar-refractivity contribution >= 4 is 5.69 Å². The molecule has 0 bridgehead atoms. The summed E-state index contributed by atoms with van der Waals surface area (Å²) in [6, 6.07) is 5.24. The summed E-state index contributed by atoms with van der Waals surface area (Å²) < 4.78 is 13.9. The van der Waals surface area contributed by atoms with E-state index < -0.39 is 6.10 Å². The van der Waals surface area contributed by atoms with Gasteiger partial charge in [-0.15, -0.1) is 0 Å². The van der Waals surface area contributed by atoms with Crippen molar-refractivity contribution in [2.75, 3.05) is 11.9 Å². The number of anilines is 1. The number of rotatable bonds is 5. The maximum absolute atomic E-state index is 13.9. The monoisotopic (exact) mass is 239 g/mol. The van der Waals surface area contributed by atoms with Gasteiger partial charge in [-0.1, -0.05) is 19.4 Å². The summed E-state index contributed by atoms with van der Waals surface area (Å²) in [5.74, 6) is -0.270. The first-order chi connectivity index (χ1) is 7.97. The van der Waals surface area contributed by atoms with Gasteiger partial charge in [0.1, 0.15) is 5.82 Å². The van der Waals surface area contributed by atoms with E-state index in [0.717, 1.165) is 12.8 Å². The molecule has 2 unspecified atom stereocenters. The second-order valence-electron chi connectivity index (χ2n) is 4.64. The molecule has 17 heavy (non-hydrogen) atoms. The number of hydrogen-bond donors (Lipinski definition) is 1. The quantitative estimate of drug-likeness (QED) is 0.850. The van der Waals surface area contributed by atoms with Gasteiger partial charge in [0.2, 0.25) is 0 Å². The number of hydrogen-bond acceptors (Lipinski definition) is 2. The Kier molecular flexibility index (Phi) is 4.94. The van der Waals surface area contributed by atoms with E-state index in [1.54, 1.807) is 19.1 Å². The van der Waals surface area contributed by atoms with E-state index >= 15 is 0 Å². The van der Waals surface area contributed by atoms with E-state index in [9.17, 15) is 9.50 Å². The maximum atomic E-state index is 13.9. The standard InChI is InChI=1S/C14H22FNO/c1-5-6-10(2)16(4)14-8-7-12(11(3)17)9-13(14)15/h7-11,17H,5-6H2,1-4H3. The highest BCUT2D eigenvalue weighted by molar-refractivity contribution is 5.49. The summed E-state index contributed by atoms with van der Waals surface area (Å²) in [6.45, 7) is 5.85. The minimum atomic E-state index is -0.628. The fourth-order valence-corrected chi connectivity index (χ4v) is 1.92. The summed E-state index contributed by atoms with van der Waals surface area (Å²) in [4.78, 5) is 1.95. The molecule has 1 aromatic carbocycles. The van der Waals surface area contributed by atoms with Crippen LogP contribution in [0.4, 0.5) is 10.1 Å². The molecule has 0 heterocycles. The predicted octanol–water partition coefficient (Wildman–Crippen LogP) is 3.50. The minimum Gasteiger partial charge on any atom is -0.389 e. The Morgan fingerprint density at radius 3 is 2.47 bits per heavy atom. The van der Waals surface area contributed by atoms with Gasteiger partial charge in [0.15, 0.2) is 0 Å². The Labute approximate surface area is 103 Å². The Bertz CT molecular complexity index is 365. The van der Waals surface area contributed by atoms with Gasteiger partial charge < -0.3 is 10.0 Å². The van der Waals surface area contributed by atoms with Crippen molar-refractivity contribution in [2.24, 2.45) is 0 Å². The van der Waals surface area contributed by atoms with E-state index in [2.05, 4.69) is 13.8 Å². The van der Waals surface area contributed by atoms with Crippen LogP contribution in [0.2, 0.25) is 0 Å². The molecule has 0 aliphatic carbocycles. The van der Waals surface area contributed by atoms with Crippen molar-refractivity contribution in [2.45, 2.75) is 45.8 Å². The minimum absolute atomic E-state index is 0.270. The lowest BCUT2D eigenvalue weighted by Gasteiger charge is -2.27. The van der Waals surface area contributed by atoms with E-state index in [1.807, 2.05) is 11.9 Å². The van der Waals surface area contributed by atoms with Crippen LogP contribution < -0.4 is 4.90 Å². The number of benzene rings is 1. The first-order valence-electron chi connectivity index (χ1n) is 6.17. The third-order valence-electron chi connectivity index (χ3n) is 3.20. The molecule has 0 spiro atoms. The highest BCUT2D eigenvalue weighted by Gasteiger charge is 2.14. The highest BCUT2D eigenvalue weighted by Crippen LogP contribution is 2.24. The summed E-state index contributed by atoms with van der Waals surface area (Å²) in [5, 5.41) is 9.39. The Hall–Kier alpha value is -1.09. The SMILES string of the molecule is CCCC(C)N(C)c1ccc(C(C)O)cc1F. The maximum Gasteiger partial charge on any atom is 0.146 e. The molecule has 0 aromatic heterocycles. The molecular weight excluding hydrogens is 217 g/mol. The summed E-state index contributed by atoms with van der Waals surface area (Å²) in [6.07, 6.45) is 1.49. The van der Waals surface area contributed by atoms with Crippen molar-refractivity contribution in [1.82, 2.24) is 0 Å². The molecule has 0 saturated carbocycles. The molecule has 0 radical (unpaired) electrons. The Morgan fingerprint density at radius 1 is 1.35 bits per heavy atom. The Balaban J connectivity index is 2.91. The van der Waals surface area contributed by atoms with Crippen LogP contribution in [0.25, 0.3) is 0 Å². The van der Waals surface area contributed by atoms with Gasteiger partial charge in [0, 0.05) is 13.1 Å². The van der Waals surface area contributed by atoms with Crippen molar-refractivity contribution in [1.29, 1.82) is 0 Å². The van der Waals surface area contributed by atoms with Gasteiger partial charge in [0.05, 0.1) is 11.8 Å². The van der Waals surface area contributed by atoms with E-state index in [-0.39, 0.29) is 5.82 Å². The smallest absolute Gasteiger partial charge is 0.146 e. The lowest BCUT2D eigenvalue weighted by atomic mass is 10.1. The lowest BCUT2D eigenvalue weighted by molar-refractivity contribution is 0.199. The van der Waals surface area contributed by atoms with Gasteiger partial charge >= 0.3 is 0 Å². The van der Waals surface area contributed by atoms with Crippen LogP contribution >= 0.6 is 0 Å². The molecule has 1 rings (SSSR count). The van der Waals surface area contributed by atoms with E-state index in [4.69, 9.17) is 0 Å². The summed E-state index contributed by atoms with van der Waals surface area (Å²) >= 11 is 0. The van der Waals surface area contributed by atoms with Crippen molar-refractivity contribution in [3.63, 3.8) is 0 Å². The first kappa shape index (κ1) is 14.0. The number of nitrogens with zero attached hydrogens (tertiary/aromatic N) is 1. The summed E-state index contributed by atoms with van der Waals surface area (Å²) in [7, 11) is 1.90. The fraction of sp³-hybridized carbons (Fsp3) is 0.571.